The number of nitrogens with two attached hydrogens (primary N) is 1. The average Bonchev–Trinajstić information content (AvgIpc) is 2.40. The van der Waals surface area contributed by atoms with Crippen LogP contribution in [0.5, 0.6) is 0 Å². The van der Waals surface area contributed by atoms with E-state index in [1.807, 2.05) is 12.1 Å². The van der Waals surface area contributed by atoms with Crippen LogP contribution in [-0.4, -0.2) is 30.8 Å². The van der Waals surface area contributed by atoms with Crippen molar-refractivity contribution in [2.45, 2.75) is 32.4 Å². The molecule has 2 rings (SSSR count). The fraction of sp³-hybridized carbons (Fsp3) is 0.615. The second-order valence-electron chi connectivity index (χ2n) is 4.33. The molecule has 1 aromatic heterocycles. The predicted molar refractivity (Wildman–Crippen MR) is 69.0 cm³/mol. The van der Waals surface area contributed by atoms with E-state index < -0.39 is 0 Å². The molecular weight excluding hydrogens is 214 g/mol. The Morgan fingerprint density at radius 2 is 2.18 bits per heavy atom. The highest BCUT2D eigenvalue weighted by Gasteiger charge is 2.20. The molecule has 1 saturated heterocycles. The Morgan fingerprint density at radius 3 is 2.82 bits per heavy atom. The lowest BCUT2D eigenvalue weighted by molar-refractivity contribution is 0.0458. The molecule has 0 bridgehead atoms. The van der Waals surface area contributed by atoms with Crippen molar-refractivity contribution in [1.82, 2.24) is 4.98 Å². The molecule has 4 heteroatoms. The maximum absolute atomic E-state index is 5.64. The number of ether oxygens (including phenoxy) is 1. The van der Waals surface area contributed by atoms with Gasteiger partial charge in [-0.05, 0) is 31.9 Å². The van der Waals surface area contributed by atoms with Gasteiger partial charge in [0.2, 0.25) is 0 Å². The maximum Gasteiger partial charge on any atom is 0.128 e. The van der Waals surface area contributed by atoms with Crippen molar-refractivity contribution < 1.29 is 4.74 Å². The second-order valence-corrected chi connectivity index (χ2v) is 4.33. The van der Waals surface area contributed by atoms with Gasteiger partial charge in [0.1, 0.15) is 5.82 Å². The zero-order chi connectivity index (χ0) is 12.1. The molecule has 0 atom stereocenters. The van der Waals surface area contributed by atoms with Crippen molar-refractivity contribution in [3.8, 4) is 0 Å². The van der Waals surface area contributed by atoms with E-state index in [-0.39, 0.29) is 0 Å². The van der Waals surface area contributed by atoms with Gasteiger partial charge in [-0.2, -0.15) is 0 Å². The van der Waals surface area contributed by atoms with Gasteiger partial charge in [-0.1, -0.05) is 6.07 Å². The van der Waals surface area contributed by atoms with Gasteiger partial charge in [-0.3, -0.25) is 0 Å². The second kappa shape index (κ2) is 5.98. The maximum atomic E-state index is 5.64. The van der Waals surface area contributed by atoms with Gasteiger partial charge >= 0.3 is 0 Å². The summed E-state index contributed by atoms with van der Waals surface area (Å²) in [5, 5.41) is 0. The van der Waals surface area contributed by atoms with E-state index >= 15 is 0 Å². The highest BCUT2D eigenvalue weighted by Crippen LogP contribution is 2.19. The molecule has 0 amide bonds. The molecule has 1 aromatic rings. The molecule has 0 radical (unpaired) electrons. The lowest BCUT2D eigenvalue weighted by Crippen LogP contribution is -2.37. The highest BCUT2D eigenvalue weighted by atomic mass is 16.5. The van der Waals surface area contributed by atoms with E-state index in [0.29, 0.717) is 12.6 Å². The SMILES string of the molecule is CCOC1CCN(c2cccc(CN)n2)CC1. The minimum Gasteiger partial charge on any atom is -0.378 e. The molecule has 1 aliphatic heterocycles. The number of pyridine rings is 1. The minimum absolute atomic E-state index is 0.425. The average molecular weight is 235 g/mol. The summed E-state index contributed by atoms with van der Waals surface area (Å²) < 4.78 is 5.64. The highest BCUT2D eigenvalue weighted by molar-refractivity contribution is 5.39. The van der Waals surface area contributed by atoms with Gasteiger partial charge in [-0.25, -0.2) is 4.98 Å². The van der Waals surface area contributed by atoms with Crippen molar-refractivity contribution in [2.75, 3.05) is 24.6 Å². The normalized spacial score (nSPS) is 17.4. The molecule has 17 heavy (non-hydrogen) atoms. The third-order valence-electron chi connectivity index (χ3n) is 3.17. The molecule has 0 aromatic carbocycles. The summed E-state index contributed by atoms with van der Waals surface area (Å²) in [4.78, 5) is 6.86. The number of anilines is 1. The van der Waals surface area contributed by atoms with Crippen LogP contribution in [0.1, 0.15) is 25.5 Å². The molecule has 4 nitrogen and oxygen atoms in total. The molecule has 0 saturated carbocycles. The summed E-state index contributed by atoms with van der Waals surface area (Å²) in [6.07, 6.45) is 2.60. The van der Waals surface area contributed by atoms with Crippen LogP contribution in [0.3, 0.4) is 0 Å². The molecule has 2 N–H and O–H groups in total. The quantitative estimate of drug-likeness (QED) is 0.860. The van der Waals surface area contributed by atoms with Crippen LogP contribution in [0.25, 0.3) is 0 Å². The number of hydrogen-bond donors (Lipinski definition) is 1. The van der Waals surface area contributed by atoms with Crippen LogP contribution < -0.4 is 10.6 Å². The van der Waals surface area contributed by atoms with Crippen molar-refractivity contribution in [2.24, 2.45) is 5.73 Å². The first-order valence-corrected chi connectivity index (χ1v) is 6.36. The van der Waals surface area contributed by atoms with Crippen LogP contribution in [0, 0.1) is 0 Å². The number of hydrogen-bond acceptors (Lipinski definition) is 4. The first-order valence-electron chi connectivity index (χ1n) is 6.36. The van der Waals surface area contributed by atoms with E-state index in [4.69, 9.17) is 10.5 Å². The molecule has 1 fully saturated rings. The summed E-state index contributed by atoms with van der Waals surface area (Å²) in [6.45, 7) is 5.41. The number of piperidine rings is 1. The monoisotopic (exact) mass is 235 g/mol. The Balaban J connectivity index is 1.95. The Morgan fingerprint density at radius 1 is 1.41 bits per heavy atom. The molecule has 94 valence electrons. The van der Waals surface area contributed by atoms with Crippen LogP contribution in [0.15, 0.2) is 18.2 Å². The first-order chi connectivity index (χ1) is 8.33. The number of nitrogens with zero attached hydrogens (tertiary/aromatic N) is 2. The van der Waals surface area contributed by atoms with E-state index in [0.717, 1.165) is 44.0 Å². The van der Waals surface area contributed by atoms with Gasteiger partial charge in [0.15, 0.2) is 0 Å². The van der Waals surface area contributed by atoms with Gasteiger partial charge < -0.3 is 15.4 Å². The summed E-state index contributed by atoms with van der Waals surface area (Å²) in [5.41, 5.74) is 6.56. The van der Waals surface area contributed by atoms with Crippen LogP contribution in [0.4, 0.5) is 5.82 Å². The Hall–Kier alpha value is -1.13. The molecule has 2 heterocycles. The summed E-state index contributed by atoms with van der Waals surface area (Å²) in [6, 6.07) is 6.05. The standard InChI is InChI=1S/C13H21N3O/c1-2-17-12-6-8-16(9-7-12)13-5-3-4-11(10-14)15-13/h3-5,12H,2,6-10,14H2,1H3. The summed E-state index contributed by atoms with van der Waals surface area (Å²) >= 11 is 0. The van der Waals surface area contributed by atoms with E-state index in [2.05, 4.69) is 22.9 Å². The van der Waals surface area contributed by atoms with Crippen LogP contribution >= 0.6 is 0 Å². The number of aromatic nitrogens is 1. The molecule has 0 aliphatic carbocycles. The Bertz CT molecular complexity index is 348. The zero-order valence-electron chi connectivity index (χ0n) is 10.4. The van der Waals surface area contributed by atoms with Gasteiger partial charge in [0, 0.05) is 26.2 Å². The fourth-order valence-electron chi connectivity index (χ4n) is 2.24. The zero-order valence-corrected chi connectivity index (χ0v) is 10.4. The molecule has 0 spiro atoms. The van der Waals surface area contributed by atoms with Crippen molar-refractivity contribution >= 4 is 5.82 Å². The lowest BCUT2D eigenvalue weighted by Gasteiger charge is -2.32. The predicted octanol–water partition coefficient (Wildman–Crippen LogP) is 1.55. The van der Waals surface area contributed by atoms with E-state index in [9.17, 15) is 0 Å². The van der Waals surface area contributed by atoms with E-state index in [1.54, 1.807) is 0 Å². The van der Waals surface area contributed by atoms with Crippen molar-refractivity contribution in [3.05, 3.63) is 23.9 Å². The first kappa shape index (κ1) is 12.3. The van der Waals surface area contributed by atoms with Gasteiger partial charge in [0.25, 0.3) is 0 Å². The van der Waals surface area contributed by atoms with Gasteiger partial charge in [0.05, 0.1) is 11.8 Å². The number of rotatable bonds is 4. The smallest absolute Gasteiger partial charge is 0.128 e. The third kappa shape index (κ3) is 3.17. The fourth-order valence-corrected chi connectivity index (χ4v) is 2.24. The van der Waals surface area contributed by atoms with Crippen molar-refractivity contribution in [3.63, 3.8) is 0 Å². The summed E-state index contributed by atoms with van der Waals surface area (Å²) in [5.74, 6) is 1.04. The largest absolute Gasteiger partial charge is 0.378 e. The van der Waals surface area contributed by atoms with Crippen molar-refractivity contribution in [1.29, 1.82) is 0 Å². The third-order valence-corrected chi connectivity index (χ3v) is 3.17. The van der Waals surface area contributed by atoms with Crippen LogP contribution in [0.2, 0.25) is 0 Å². The molecule has 1 aliphatic rings. The molecule has 0 unspecified atom stereocenters. The Labute approximate surface area is 103 Å². The minimum atomic E-state index is 0.425. The molecular formula is C13H21N3O. The van der Waals surface area contributed by atoms with Crippen LogP contribution in [-0.2, 0) is 11.3 Å². The summed E-state index contributed by atoms with van der Waals surface area (Å²) in [7, 11) is 0. The lowest BCUT2D eigenvalue weighted by atomic mass is 10.1. The van der Waals surface area contributed by atoms with Gasteiger partial charge in [-0.15, -0.1) is 0 Å². The van der Waals surface area contributed by atoms with E-state index in [1.165, 1.54) is 0 Å². The Kier molecular flexibility index (Phi) is 4.34. The topological polar surface area (TPSA) is 51.4 Å².